The van der Waals surface area contributed by atoms with Crippen molar-refractivity contribution in [1.29, 1.82) is 0 Å². The summed E-state index contributed by atoms with van der Waals surface area (Å²) in [5.41, 5.74) is 5.17. The number of nitrogens with two attached hydrogens (primary N) is 1. The molecule has 0 bridgehead atoms. The number of hydrogen-bond acceptors (Lipinski definition) is 2. The summed E-state index contributed by atoms with van der Waals surface area (Å²) < 4.78 is 13.0. The number of phenolic OH excluding ortho intramolecular Hbond substituents is 1. The topological polar surface area (TPSA) is 46.2 Å². The fourth-order valence-electron chi connectivity index (χ4n) is 0.954. The summed E-state index contributed by atoms with van der Waals surface area (Å²) in [6, 6.07) is 4.44. The van der Waals surface area contributed by atoms with Crippen molar-refractivity contribution in [1.82, 2.24) is 0 Å². The summed E-state index contributed by atoms with van der Waals surface area (Å²) in [7, 11) is 0. The monoisotopic (exact) mass is 189 g/mol. The first kappa shape index (κ1) is 9.29. The van der Waals surface area contributed by atoms with E-state index in [-0.39, 0.29) is 22.9 Å². The van der Waals surface area contributed by atoms with Gasteiger partial charge in [-0.15, -0.1) is 0 Å². The highest BCUT2D eigenvalue weighted by molar-refractivity contribution is 6.31. The second kappa shape index (κ2) is 3.74. The smallest absolute Gasteiger partial charge is 0.142 e. The third-order valence-electron chi connectivity index (χ3n) is 1.55. The minimum Gasteiger partial charge on any atom is -0.508 e. The van der Waals surface area contributed by atoms with Crippen LogP contribution in [0.3, 0.4) is 0 Å². The predicted octanol–water partition coefficient (Wildman–Crippen LogP) is 2.01. The molecule has 4 heteroatoms. The van der Waals surface area contributed by atoms with E-state index < -0.39 is 6.17 Å². The Bertz CT molecular complexity index is 260. The van der Waals surface area contributed by atoms with Gasteiger partial charge in [-0.2, -0.15) is 0 Å². The van der Waals surface area contributed by atoms with Gasteiger partial charge in [0.05, 0.1) is 5.02 Å². The maximum Gasteiger partial charge on any atom is 0.142 e. The van der Waals surface area contributed by atoms with Crippen LogP contribution < -0.4 is 5.73 Å². The second-order valence-corrected chi connectivity index (χ2v) is 2.78. The lowest BCUT2D eigenvalue weighted by molar-refractivity contribution is 0.338. The highest BCUT2D eigenvalue weighted by atomic mass is 35.5. The van der Waals surface area contributed by atoms with Crippen LogP contribution in [0.5, 0.6) is 5.75 Å². The fourth-order valence-corrected chi connectivity index (χ4v) is 1.24. The quantitative estimate of drug-likeness (QED) is 0.748. The number of phenols is 1. The van der Waals surface area contributed by atoms with Crippen molar-refractivity contribution in [2.75, 3.05) is 6.54 Å². The Hall–Kier alpha value is -0.800. The van der Waals surface area contributed by atoms with Crippen LogP contribution >= 0.6 is 11.6 Å². The summed E-state index contributed by atoms with van der Waals surface area (Å²) >= 11 is 5.65. The molecular weight excluding hydrogens is 181 g/mol. The van der Waals surface area contributed by atoms with E-state index >= 15 is 0 Å². The van der Waals surface area contributed by atoms with Crippen LogP contribution in [0.1, 0.15) is 11.7 Å². The van der Waals surface area contributed by atoms with Crippen LogP contribution in [0.2, 0.25) is 5.02 Å². The zero-order valence-corrected chi connectivity index (χ0v) is 7.05. The van der Waals surface area contributed by atoms with Crippen LogP contribution in [0.4, 0.5) is 4.39 Å². The number of aromatic hydroxyl groups is 1. The number of hydrogen-bond donors (Lipinski definition) is 2. The highest BCUT2D eigenvalue weighted by Gasteiger charge is 2.15. The Morgan fingerprint density at radius 2 is 2.25 bits per heavy atom. The zero-order valence-electron chi connectivity index (χ0n) is 6.30. The molecule has 1 rings (SSSR count). The van der Waals surface area contributed by atoms with E-state index in [0.29, 0.717) is 0 Å². The molecule has 1 unspecified atom stereocenters. The Kier molecular flexibility index (Phi) is 2.89. The molecule has 0 aliphatic rings. The molecule has 0 spiro atoms. The van der Waals surface area contributed by atoms with Crippen molar-refractivity contribution in [3.05, 3.63) is 28.8 Å². The minimum absolute atomic E-state index is 0.0710. The maximum absolute atomic E-state index is 13.0. The molecule has 3 N–H and O–H groups in total. The van der Waals surface area contributed by atoms with E-state index in [2.05, 4.69) is 0 Å². The van der Waals surface area contributed by atoms with E-state index in [0.717, 1.165) is 0 Å². The number of rotatable bonds is 2. The van der Waals surface area contributed by atoms with Gasteiger partial charge >= 0.3 is 0 Å². The van der Waals surface area contributed by atoms with Crippen molar-refractivity contribution in [2.24, 2.45) is 5.73 Å². The summed E-state index contributed by atoms with van der Waals surface area (Å²) in [6.07, 6.45) is -1.40. The molecule has 0 amide bonds. The molecule has 0 heterocycles. The van der Waals surface area contributed by atoms with Crippen LogP contribution in [0.15, 0.2) is 18.2 Å². The normalized spacial score (nSPS) is 12.9. The van der Waals surface area contributed by atoms with Gasteiger partial charge in [-0.05, 0) is 12.1 Å². The Labute approximate surface area is 74.8 Å². The molecule has 2 nitrogen and oxygen atoms in total. The Morgan fingerprint density at radius 3 is 2.75 bits per heavy atom. The van der Waals surface area contributed by atoms with Gasteiger partial charge in [0.1, 0.15) is 11.9 Å². The molecule has 1 aromatic rings. The first-order chi connectivity index (χ1) is 5.66. The van der Waals surface area contributed by atoms with Gasteiger partial charge in [0, 0.05) is 12.1 Å². The van der Waals surface area contributed by atoms with Crippen LogP contribution in [-0.2, 0) is 0 Å². The average Bonchev–Trinajstić information content (AvgIpc) is 2.03. The molecule has 0 saturated heterocycles. The highest BCUT2D eigenvalue weighted by Crippen LogP contribution is 2.32. The van der Waals surface area contributed by atoms with Gasteiger partial charge < -0.3 is 10.8 Å². The molecule has 0 fully saturated rings. The van der Waals surface area contributed by atoms with E-state index in [9.17, 15) is 9.50 Å². The molecule has 1 atom stereocenters. The minimum atomic E-state index is -1.40. The summed E-state index contributed by atoms with van der Waals surface area (Å²) in [5.74, 6) is -0.152. The lowest BCUT2D eigenvalue weighted by Gasteiger charge is -2.09. The Balaban J connectivity index is 3.12. The SMILES string of the molecule is NCC(F)c1c(O)cccc1Cl. The van der Waals surface area contributed by atoms with Crippen molar-refractivity contribution in [3.63, 3.8) is 0 Å². The molecule has 0 aromatic heterocycles. The predicted molar refractivity (Wildman–Crippen MR) is 46.0 cm³/mol. The molecular formula is C8H9ClFNO. The molecule has 0 aliphatic carbocycles. The largest absolute Gasteiger partial charge is 0.508 e. The van der Waals surface area contributed by atoms with Gasteiger partial charge in [0.25, 0.3) is 0 Å². The molecule has 0 saturated carbocycles. The zero-order chi connectivity index (χ0) is 9.14. The van der Waals surface area contributed by atoms with E-state index in [1.165, 1.54) is 12.1 Å². The summed E-state index contributed by atoms with van der Waals surface area (Å²) in [4.78, 5) is 0. The molecule has 12 heavy (non-hydrogen) atoms. The standard InChI is InChI=1S/C8H9ClFNO/c9-5-2-1-3-7(12)8(5)6(10)4-11/h1-3,6,12H,4,11H2. The summed E-state index contributed by atoms with van der Waals surface area (Å²) in [6.45, 7) is -0.183. The van der Waals surface area contributed by atoms with Gasteiger partial charge in [-0.25, -0.2) is 4.39 Å². The lowest BCUT2D eigenvalue weighted by atomic mass is 10.1. The van der Waals surface area contributed by atoms with Gasteiger partial charge in [0.15, 0.2) is 0 Å². The van der Waals surface area contributed by atoms with Crippen LogP contribution in [0.25, 0.3) is 0 Å². The molecule has 0 radical (unpaired) electrons. The van der Waals surface area contributed by atoms with E-state index in [4.69, 9.17) is 17.3 Å². The average molecular weight is 190 g/mol. The molecule has 1 aromatic carbocycles. The maximum atomic E-state index is 13.0. The number of halogens is 2. The van der Waals surface area contributed by atoms with Crippen molar-refractivity contribution in [2.45, 2.75) is 6.17 Å². The summed E-state index contributed by atoms with van der Waals surface area (Å²) in [5, 5.41) is 9.41. The van der Waals surface area contributed by atoms with Gasteiger partial charge in [0.2, 0.25) is 0 Å². The number of alkyl halides is 1. The van der Waals surface area contributed by atoms with Crippen molar-refractivity contribution >= 4 is 11.6 Å². The van der Waals surface area contributed by atoms with E-state index in [1.807, 2.05) is 0 Å². The van der Waals surface area contributed by atoms with E-state index in [1.54, 1.807) is 6.07 Å². The van der Waals surface area contributed by atoms with Crippen molar-refractivity contribution in [3.8, 4) is 5.75 Å². The molecule has 66 valence electrons. The number of benzene rings is 1. The Morgan fingerprint density at radius 1 is 1.58 bits per heavy atom. The van der Waals surface area contributed by atoms with Crippen molar-refractivity contribution < 1.29 is 9.50 Å². The van der Waals surface area contributed by atoms with Crippen LogP contribution in [0, 0.1) is 0 Å². The van der Waals surface area contributed by atoms with Crippen LogP contribution in [-0.4, -0.2) is 11.7 Å². The third kappa shape index (κ3) is 1.68. The first-order valence-electron chi connectivity index (χ1n) is 3.48. The third-order valence-corrected chi connectivity index (χ3v) is 1.88. The lowest BCUT2D eigenvalue weighted by Crippen LogP contribution is -2.08. The van der Waals surface area contributed by atoms with Gasteiger partial charge in [-0.1, -0.05) is 17.7 Å². The second-order valence-electron chi connectivity index (χ2n) is 2.38. The van der Waals surface area contributed by atoms with Gasteiger partial charge in [-0.3, -0.25) is 0 Å². The fraction of sp³-hybridized carbons (Fsp3) is 0.250. The molecule has 0 aliphatic heterocycles. The first-order valence-corrected chi connectivity index (χ1v) is 3.86.